The summed E-state index contributed by atoms with van der Waals surface area (Å²) in [5.41, 5.74) is -1.05. The van der Waals surface area contributed by atoms with Crippen LogP contribution in [-0.2, 0) is 15.1 Å². The first kappa shape index (κ1) is 24.0. The standard InChI is InChI=1S/C31H33NO5/c1-32(18-9-19-35-22-10-3-2-4-11-22)26-20-21-16-17-23(26)29(21)37-30(33)31(34)24-12-5-7-14-27(24)36-28-15-8-6-13-25(28)31/h2-8,10-15,21,23,26,29,34H,9,16-20H2,1H3/t21?,23?,26-,29?/m1/s1. The topological polar surface area (TPSA) is 68.2 Å². The molecular weight excluding hydrogens is 466 g/mol. The highest BCUT2D eigenvalue weighted by Gasteiger charge is 2.55. The lowest BCUT2D eigenvalue weighted by Crippen LogP contribution is -2.44. The molecule has 3 aromatic carbocycles. The Hall–Kier alpha value is -3.35. The van der Waals surface area contributed by atoms with Crippen LogP contribution in [0.4, 0.5) is 0 Å². The predicted octanol–water partition coefficient (Wildman–Crippen LogP) is 5.14. The molecule has 0 aromatic heterocycles. The lowest BCUT2D eigenvalue weighted by atomic mass is 9.83. The van der Waals surface area contributed by atoms with Gasteiger partial charge in [-0.1, -0.05) is 54.6 Å². The van der Waals surface area contributed by atoms with E-state index in [9.17, 15) is 9.90 Å². The van der Waals surface area contributed by atoms with Gasteiger partial charge in [0.15, 0.2) is 0 Å². The first-order valence-corrected chi connectivity index (χ1v) is 13.2. The van der Waals surface area contributed by atoms with E-state index < -0.39 is 11.6 Å². The van der Waals surface area contributed by atoms with Gasteiger partial charge in [0.2, 0.25) is 5.60 Å². The summed E-state index contributed by atoms with van der Waals surface area (Å²) in [5, 5.41) is 11.9. The summed E-state index contributed by atoms with van der Waals surface area (Å²) < 4.78 is 18.1. The number of rotatable bonds is 8. The van der Waals surface area contributed by atoms with Crippen molar-refractivity contribution in [1.29, 1.82) is 0 Å². The molecule has 2 saturated carbocycles. The fraction of sp³-hybridized carbons (Fsp3) is 0.387. The number of benzene rings is 3. The Bertz CT molecular complexity index is 1220. The van der Waals surface area contributed by atoms with Crippen LogP contribution < -0.4 is 9.47 Å². The number of ether oxygens (including phenoxy) is 3. The monoisotopic (exact) mass is 499 g/mol. The zero-order valence-corrected chi connectivity index (χ0v) is 21.1. The third kappa shape index (κ3) is 4.28. The summed E-state index contributed by atoms with van der Waals surface area (Å²) in [5.74, 6) is 1.82. The number of aliphatic hydroxyl groups is 1. The molecule has 6 nitrogen and oxygen atoms in total. The van der Waals surface area contributed by atoms with E-state index in [-0.39, 0.29) is 12.0 Å². The van der Waals surface area contributed by atoms with Gasteiger partial charge in [-0.3, -0.25) is 0 Å². The van der Waals surface area contributed by atoms with Gasteiger partial charge in [0.25, 0.3) is 0 Å². The van der Waals surface area contributed by atoms with Crippen molar-refractivity contribution in [2.24, 2.45) is 11.8 Å². The molecule has 6 heteroatoms. The number of para-hydroxylation sites is 3. The van der Waals surface area contributed by atoms with Crippen LogP contribution in [0.25, 0.3) is 0 Å². The van der Waals surface area contributed by atoms with Gasteiger partial charge in [-0.15, -0.1) is 0 Å². The molecule has 6 rings (SSSR count). The molecule has 2 bridgehead atoms. The van der Waals surface area contributed by atoms with Gasteiger partial charge >= 0.3 is 5.97 Å². The minimum atomic E-state index is -1.90. The molecule has 4 atom stereocenters. The molecule has 1 aliphatic heterocycles. The number of carbonyl (C=O) groups excluding carboxylic acids is 1. The van der Waals surface area contributed by atoms with E-state index in [4.69, 9.17) is 14.2 Å². The number of carbonyl (C=O) groups is 1. The fourth-order valence-corrected chi connectivity index (χ4v) is 6.51. The second-order valence-corrected chi connectivity index (χ2v) is 10.5. The van der Waals surface area contributed by atoms with Gasteiger partial charge in [0.05, 0.1) is 6.61 Å². The van der Waals surface area contributed by atoms with Crippen molar-refractivity contribution in [3.63, 3.8) is 0 Å². The minimum absolute atomic E-state index is 0.188. The van der Waals surface area contributed by atoms with E-state index in [0.29, 0.717) is 41.2 Å². The number of hydrogen-bond acceptors (Lipinski definition) is 6. The van der Waals surface area contributed by atoms with Crippen molar-refractivity contribution in [2.75, 3.05) is 20.2 Å². The van der Waals surface area contributed by atoms with Crippen LogP contribution in [0, 0.1) is 11.8 Å². The maximum Gasteiger partial charge on any atom is 0.348 e. The Kier molecular flexibility index (Phi) is 6.39. The summed E-state index contributed by atoms with van der Waals surface area (Å²) in [7, 11) is 2.16. The maximum atomic E-state index is 13.8. The van der Waals surface area contributed by atoms with Crippen molar-refractivity contribution in [3.05, 3.63) is 90.0 Å². The molecule has 2 fully saturated rings. The number of nitrogens with zero attached hydrogens (tertiary/aromatic N) is 1. The molecule has 1 N–H and O–H groups in total. The molecule has 0 spiro atoms. The average molecular weight is 500 g/mol. The van der Waals surface area contributed by atoms with Gasteiger partial charge < -0.3 is 24.2 Å². The van der Waals surface area contributed by atoms with Crippen molar-refractivity contribution in [3.8, 4) is 17.2 Å². The van der Waals surface area contributed by atoms with E-state index in [2.05, 4.69) is 11.9 Å². The molecular formula is C31H33NO5. The quantitative estimate of drug-likeness (QED) is 0.342. The molecule has 1 heterocycles. The molecule has 3 aliphatic rings. The van der Waals surface area contributed by atoms with Gasteiger partial charge in [-0.2, -0.15) is 0 Å². The zero-order valence-electron chi connectivity index (χ0n) is 21.1. The minimum Gasteiger partial charge on any atom is -0.494 e. The highest BCUT2D eigenvalue weighted by Crippen LogP contribution is 2.51. The van der Waals surface area contributed by atoms with Crippen molar-refractivity contribution in [1.82, 2.24) is 4.90 Å². The molecule has 2 aliphatic carbocycles. The molecule has 3 unspecified atom stereocenters. The molecule has 0 radical (unpaired) electrons. The van der Waals surface area contributed by atoms with Crippen LogP contribution in [0.3, 0.4) is 0 Å². The van der Waals surface area contributed by atoms with Gasteiger partial charge in [-0.25, -0.2) is 4.79 Å². The van der Waals surface area contributed by atoms with Crippen LogP contribution >= 0.6 is 0 Å². The summed E-state index contributed by atoms with van der Waals surface area (Å²) in [6, 6.07) is 24.6. The Morgan fingerprint density at radius 3 is 2.32 bits per heavy atom. The van der Waals surface area contributed by atoms with Crippen LogP contribution in [0.2, 0.25) is 0 Å². The van der Waals surface area contributed by atoms with Crippen LogP contribution in [0.15, 0.2) is 78.9 Å². The summed E-state index contributed by atoms with van der Waals surface area (Å²) in [6.45, 7) is 1.59. The maximum absolute atomic E-state index is 13.8. The zero-order chi connectivity index (χ0) is 25.4. The number of hydrogen-bond donors (Lipinski definition) is 1. The predicted molar refractivity (Wildman–Crippen MR) is 140 cm³/mol. The highest BCUT2D eigenvalue weighted by molar-refractivity contribution is 5.88. The van der Waals surface area contributed by atoms with E-state index in [0.717, 1.165) is 38.0 Å². The second-order valence-electron chi connectivity index (χ2n) is 10.5. The van der Waals surface area contributed by atoms with E-state index >= 15 is 0 Å². The molecule has 37 heavy (non-hydrogen) atoms. The van der Waals surface area contributed by atoms with E-state index in [1.807, 2.05) is 42.5 Å². The van der Waals surface area contributed by atoms with Gasteiger partial charge in [0.1, 0.15) is 23.4 Å². The SMILES string of the molecule is CN(CCCOc1ccccc1)[C@@H]1CC2CCC1C2OC(=O)C1(O)c2ccccc2Oc2ccccc21. The lowest BCUT2D eigenvalue weighted by molar-refractivity contribution is -0.171. The van der Waals surface area contributed by atoms with E-state index in [1.54, 1.807) is 36.4 Å². The summed E-state index contributed by atoms with van der Waals surface area (Å²) >= 11 is 0. The normalized spacial score (nSPS) is 24.7. The lowest BCUT2D eigenvalue weighted by Gasteiger charge is -2.35. The Morgan fingerprint density at radius 1 is 0.973 bits per heavy atom. The Labute approximate surface area is 217 Å². The summed E-state index contributed by atoms with van der Waals surface area (Å²) in [4.78, 5) is 16.2. The van der Waals surface area contributed by atoms with Gasteiger partial charge in [0, 0.05) is 29.6 Å². The molecule has 192 valence electrons. The first-order chi connectivity index (χ1) is 18.1. The average Bonchev–Trinajstić information content (AvgIpc) is 3.48. The van der Waals surface area contributed by atoms with Crippen molar-refractivity contribution < 1.29 is 24.1 Å². The number of esters is 1. The van der Waals surface area contributed by atoms with Crippen LogP contribution in [-0.4, -0.2) is 48.3 Å². The van der Waals surface area contributed by atoms with Crippen LogP contribution in [0.5, 0.6) is 17.2 Å². The van der Waals surface area contributed by atoms with E-state index in [1.165, 1.54) is 0 Å². The fourth-order valence-electron chi connectivity index (χ4n) is 6.51. The largest absolute Gasteiger partial charge is 0.494 e. The molecule has 0 amide bonds. The molecule has 0 saturated heterocycles. The Morgan fingerprint density at radius 2 is 1.62 bits per heavy atom. The smallest absolute Gasteiger partial charge is 0.348 e. The molecule has 3 aromatic rings. The third-order valence-electron chi connectivity index (χ3n) is 8.34. The third-order valence-corrected chi connectivity index (χ3v) is 8.34. The van der Waals surface area contributed by atoms with Crippen LogP contribution in [0.1, 0.15) is 36.8 Å². The van der Waals surface area contributed by atoms with Crippen molar-refractivity contribution in [2.45, 2.75) is 43.4 Å². The van der Waals surface area contributed by atoms with Crippen molar-refractivity contribution >= 4 is 5.97 Å². The summed E-state index contributed by atoms with van der Waals surface area (Å²) in [6.07, 6.45) is 3.84. The van der Waals surface area contributed by atoms with Gasteiger partial charge in [-0.05, 0) is 62.9 Å². The first-order valence-electron chi connectivity index (χ1n) is 13.2. The Balaban J connectivity index is 1.13. The second kappa shape index (κ2) is 9.84. The highest BCUT2D eigenvalue weighted by atomic mass is 16.6. The number of fused-ring (bicyclic) bond motifs is 4.